The molecule has 0 saturated heterocycles. The largest absolute Gasteiger partial charge is 0.399 e. The van der Waals surface area contributed by atoms with Crippen LogP contribution in [0.4, 0.5) is 10.1 Å². The molecule has 1 aromatic rings. The van der Waals surface area contributed by atoms with Gasteiger partial charge in [0.2, 0.25) is 0 Å². The zero-order valence-electron chi connectivity index (χ0n) is 10.8. The fraction of sp³-hybridized carbons (Fsp3) is 0.538. The summed E-state index contributed by atoms with van der Waals surface area (Å²) in [5.41, 5.74) is 5.66. The summed E-state index contributed by atoms with van der Waals surface area (Å²) < 4.78 is 43.9. The summed E-state index contributed by atoms with van der Waals surface area (Å²) >= 11 is 0. The lowest BCUT2D eigenvalue weighted by Gasteiger charge is -2.28. The second kappa shape index (κ2) is 5.46. The number of benzene rings is 1. The first-order chi connectivity index (χ1) is 8.95. The van der Waals surface area contributed by atoms with Crippen LogP contribution < -0.4 is 5.73 Å². The smallest absolute Gasteiger partial charge is 0.184 e. The monoisotopic (exact) mass is 287 g/mol. The van der Waals surface area contributed by atoms with E-state index in [4.69, 9.17) is 10.5 Å². The van der Waals surface area contributed by atoms with Crippen LogP contribution in [0.2, 0.25) is 0 Å². The van der Waals surface area contributed by atoms with E-state index in [1.165, 1.54) is 12.1 Å². The highest BCUT2D eigenvalue weighted by Crippen LogP contribution is 2.31. The van der Waals surface area contributed by atoms with E-state index < -0.39 is 20.9 Å². The van der Waals surface area contributed by atoms with Gasteiger partial charge in [-0.05, 0) is 43.9 Å². The summed E-state index contributed by atoms with van der Waals surface area (Å²) in [7, 11) is -2.09. The van der Waals surface area contributed by atoms with Crippen molar-refractivity contribution >= 4 is 15.5 Å². The van der Waals surface area contributed by atoms with Crippen molar-refractivity contribution in [2.24, 2.45) is 0 Å². The van der Waals surface area contributed by atoms with Crippen LogP contribution >= 0.6 is 0 Å². The SMILES string of the molecule is COC1CCCC(S(=O)(=O)c2ccc(N)cc2F)C1. The van der Waals surface area contributed by atoms with Crippen molar-refractivity contribution in [1.29, 1.82) is 0 Å². The Morgan fingerprint density at radius 3 is 2.74 bits per heavy atom. The van der Waals surface area contributed by atoms with E-state index in [0.717, 1.165) is 18.9 Å². The molecule has 0 spiro atoms. The molecule has 19 heavy (non-hydrogen) atoms. The summed E-state index contributed by atoms with van der Waals surface area (Å²) in [5, 5.41) is -0.579. The third kappa shape index (κ3) is 2.90. The standard InChI is InChI=1S/C13H18FNO3S/c1-18-10-3-2-4-11(8-10)19(16,17)13-6-5-9(15)7-12(13)14/h5-7,10-11H,2-4,8,15H2,1H3. The quantitative estimate of drug-likeness (QED) is 0.865. The summed E-state index contributed by atoms with van der Waals surface area (Å²) in [6.45, 7) is 0. The predicted molar refractivity (Wildman–Crippen MR) is 71.1 cm³/mol. The van der Waals surface area contributed by atoms with E-state index in [1.807, 2.05) is 0 Å². The first kappa shape index (κ1) is 14.3. The number of nitrogens with two attached hydrogens (primary N) is 1. The van der Waals surface area contributed by atoms with E-state index in [9.17, 15) is 12.8 Å². The first-order valence-electron chi connectivity index (χ1n) is 6.27. The van der Waals surface area contributed by atoms with Crippen molar-refractivity contribution < 1.29 is 17.5 Å². The summed E-state index contributed by atoms with van der Waals surface area (Å²) in [6.07, 6.45) is 2.53. The molecule has 6 heteroatoms. The normalized spacial score (nSPS) is 24.3. The summed E-state index contributed by atoms with van der Waals surface area (Å²) in [6, 6.07) is 3.70. The molecule has 0 radical (unpaired) electrons. The average Bonchev–Trinajstić information content (AvgIpc) is 2.38. The number of anilines is 1. The van der Waals surface area contributed by atoms with Gasteiger partial charge in [-0.2, -0.15) is 0 Å². The van der Waals surface area contributed by atoms with Gasteiger partial charge >= 0.3 is 0 Å². The van der Waals surface area contributed by atoms with Crippen LogP contribution in [-0.2, 0) is 14.6 Å². The molecule has 2 rings (SSSR count). The van der Waals surface area contributed by atoms with Crippen LogP contribution in [-0.4, -0.2) is 26.9 Å². The Kier molecular flexibility index (Phi) is 4.10. The van der Waals surface area contributed by atoms with Crippen molar-refractivity contribution in [2.75, 3.05) is 12.8 Å². The highest BCUT2D eigenvalue weighted by molar-refractivity contribution is 7.92. The van der Waals surface area contributed by atoms with Gasteiger partial charge in [0.25, 0.3) is 0 Å². The minimum absolute atomic E-state index is 0.0645. The molecule has 0 bridgehead atoms. The van der Waals surface area contributed by atoms with Crippen molar-refractivity contribution in [2.45, 2.75) is 41.9 Å². The van der Waals surface area contributed by atoms with Crippen LogP contribution in [0.3, 0.4) is 0 Å². The zero-order chi connectivity index (χ0) is 14.0. The molecule has 0 aromatic heterocycles. The third-order valence-corrected chi connectivity index (χ3v) is 5.86. The topological polar surface area (TPSA) is 69.4 Å². The summed E-state index contributed by atoms with van der Waals surface area (Å²) in [4.78, 5) is -0.261. The Morgan fingerprint density at radius 2 is 2.11 bits per heavy atom. The maximum atomic E-state index is 13.8. The molecule has 4 nitrogen and oxygen atoms in total. The molecule has 1 saturated carbocycles. The maximum absolute atomic E-state index is 13.8. The predicted octanol–water partition coefficient (Wildman–Crippen LogP) is 2.14. The van der Waals surface area contributed by atoms with Crippen LogP contribution in [0.1, 0.15) is 25.7 Å². The zero-order valence-corrected chi connectivity index (χ0v) is 11.6. The van der Waals surface area contributed by atoms with Crippen molar-refractivity contribution in [3.05, 3.63) is 24.0 Å². The molecule has 1 aliphatic rings. The number of hydrogen-bond donors (Lipinski definition) is 1. The van der Waals surface area contributed by atoms with Gasteiger partial charge in [0.05, 0.1) is 11.4 Å². The summed E-state index contributed by atoms with van der Waals surface area (Å²) in [5.74, 6) is -0.778. The number of nitrogen functional groups attached to an aromatic ring is 1. The maximum Gasteiger partial charge on any atom is 0.184 e. The number of rotatable bonds is 3. The molecule has 1 fully saturated rings. The molecule has 2 unspecified atom stereocenters. The second-order valence-corrected chi connectivity index (χ2v) is 7.08. The van der Waals surface area contributed by atoms with Crippen molar-refractivity contribution in [1.82, 2.24) is 0 Å². The van der Waals surface area contributed by atoms with Crippen molar-refractivity contribution in [3.8, 4) is 0 Å². The molecule has 0 heterocycles. The van der Waals surface area contributed by atoms with E-state index in [1.54, 1.807) is 7.11 Å². The van der Waals surface area contributed by atoms with Crippen LogP contribution in [0, 0.1) is 5.82 Å². The lowest BCUT2D eigenvalue weighted by molar-refractivity contribution is 0.0720. The number of hydrogen-bond acceptors (Lipinski definition) is 4. The van der Waals surface area contributed by atoms with Gasteiger partial charge in [-0.25, -0.2) is 12.8 Å². The molecule has 2 N–H and O–H groups in total. The van der Waals surface area contributed by atoms with Gasteiger partial charge < -0.3 is 10.5 Å². The van der Waals surface area contributed by atoms with Gasteiger partial charge in [0.15, 0.2) is 9.84 Å². The van der Waals surface area contributed by atoms with Crippen LogP contribution in [0.15, 0.2) is 23.1 Å². The first-order valence-corrected chi connectivity index (χ1v) is 7.81. The van der Waals surface area contributed by atoms with Gasteiger partial charge in [0, 0.05) is 12.8 Å². The number of methoxy groups -OCH3 is 1. The van der Waals surface area contributed by atoms with E-state index in [0.29, 0.717) is 12.8 Å². The Hall–Kier alpha value is -1.14. The van der Waals surface area contributed by atoms with E-state index in [-0.39, 0.29) is 16.7 Å². The van der Waals surface area contributed by atoms with E-state index >= 15 is 0 Å². The van der Waals surface area contributed by atoms with Gasteiger partial charge in [-0.1, -0.05) is 0 Å². The Bertz CT molecular complexity index is 559. The highest BCUT2D eigenvalue weighted by Gasteiger charge is 2.34. The van der Waals surface area contributed by atoms with Gasteiger partial charge in [0.1, 0.15) is 10.7 Å². The molecular weight excluding hydrogens is 269 g/mol. The van der Waals surface area contributed by atoms with Gasteiger partial charge in [-0.15, -0.1) is 0 Å². The molecule has 106 valence electrons. The number of sulfone groups is 1. The minimum atomic E-state index is -3.66. The molecule has 2 atom stereocenters. The fourth-order valence-corrected chi connectivity index (χ4v) is 4.42. The fourth-order valence-electron chi connectivity index (χ4n) is 2.53. The van der Waals surface area contributed by atoms with E-state index in [2.05, 4.69) is 0 Å². The van der Waals surface area contributed by atoms with Crippen LogP contribution in [0.25, 0.3) is 0 Å². The Balaban J connectivity index is 2.31. The molecule has 0 amide bonds. The molecule has 0 aliphatic heterocycles. The highest BCUT2D eigenvalue weighted by atomic mass is 32.2. The van der Waals surface area contributed by atoms with Crippen LogP contribution in [0.5, 0.6) is 0 Å². The number of halogens is 1. The molecular formula is C13H18FNO3S. The Labute approximate surface area is 112 Å². The molecule has 1 aliphatic carbocycles. The number of ether oxygens (including phenoxy) is 1. The second-order valence-electron chi connectivity index (χ2n) is 4.88. The van der Waals surface area contributed by atoms with Gasteiger partial charge in [-0.3, -0.25) is 0 Å². The molecule has 1 aromatic carbocycles. The third-order valence-electron chi connectivity index (χ3n) is 3.61. The average molecular weight is 287 g/mol. The van der Waals surface area contributed by atoms with Crippen molar-refractivity contribution in [3.63, 3.8) is 0 Å². The Morgan fingerprint density at radius 1 is 1.37 bits per heavy atom. The minimum Gasteiger partial charge on any atom is -0.399 e. The lowest BCUT2D eigenvalue weighted by Crippen LogP contribution is -2.32. The lowest BCUT2D eigenvalue weighted by atomic mass is 9.97.